The van der Waals surface area contributed by atoms with Crippen LogP contribution in [0.3, 0.4) is 0 Å². The van der Waals surface area contributed by atoms with Gasteiger partial charge in [0.15, 0.2) is 0 Å². The molecule has 3 atom stereocenters. The molecular weight excluding hydrogens is 398 g/mol. The number of sulfonamides is 1. The molecule has 1 aliphatic rings. The Hall–Kier alpha value is -2.38. The molecule has 7 heteroatoms. The molecule has 6 nitrogen and oxygen atoms in total. The molecule has 0 radical (unpaired) electrons. The van der Waals surface area contributed by atoms with Crippen molar-refractivity contribution in [3.8, 4) is 0 Å². The quantitative estimate of drug-likeness (QED) is 0.705. The van der Waals surface area contributed by atoms with E-state index in [1.54, 1.807) is 36.4 Å². The molecule has 0 bridgehead atoms. The Balaban J connectivity index is 1.58. The smallest absolute Gasteiger partial charge is 0.261 e. The van der Waals surface area contributed by atoms with Crippen LogP contribution in [0, 0.1) is 11.8 Å². The van der Waals surface area contributed by atoms with Crippen LogP contribution in [0.15, 0.2) is 59.5 Å². The van der Waals surface area contributed by atoms with Crippen LogP contribution >= 0.6 is 0 Å². The minimum Gasteiger partial charge on any atom is -0.348 e. The fourth-order valence-electron chi connectivity index (χ4n) is 4.19. The number of piperidine rings is 1. The van der Waals surface area contributed by atoms with E-state index in [9.17, 15) is 13.2 Å². The van der Waals surface area contributed by atoms with Gasteiger partial charge < -0.3 is 10.2 Å². The van der Waals surface area contributed by atoms with Crippen LogP contribution in [0.25, 0.3) is 0 Å². The highest BCUT2D eigenvalue weighted by Crippen LogP contribution is 2.21. The number of carbonyl (C=O) groups is 1. The van der Waals surface area contributed by atoms with Crippen molar-refractivity contribution in [2.75, 3.05) is 24.4 Å². The first-order valence-corrected chi connectivity index (χ1v) is 11.9. The summed E-state index contributed by atoms with van der Waals surface area (Å²) in [5.41, 5.74) is 0.940. The maximum atomic E-state index is 12.6. The van der Waals surface area contributed by atoms with Crippen LogP contribution in [0.4, 0.5) is 5.69 Å². The summed E-state index contributed by atoms with van der Waals surface area (Å²) in [6, 6.07) is 14.7. The predicted molar refractivity (Wildman–Crippen MR) is 120 cm³/mol. The molecule has 1 amide bonds. The van der Waals surface area contributed by atoms with E-state index in [2.05, 4.69) is 28.8 Å². The Morgan fingerprint density at radius 1 is 1.03 bits per heavy atom. The lowest BCUT2D eigenvalue weighted by molar-refractivity contribution is 0.0905. The number of nitrogens with one attached hydrogen (secondary N) is 2. The topological polar surface area (TPSA) is 78.5 Å². The van der Waals surface area contributed by atoms with Crippen molar-refractivity contribution < 1.29 is 13.2 Å². The van der Waals surface area contributed by atoms with Gasteiger partial charge in [0.2, 0.25) is 0 Å². The van der Waals surface area contributed by atoms with Gasteiger partial charge in [-0.1, -0.05) is 32.0 Å². The summed E-state index contributed by atoms with van der Waals surface area (Å²) >= 11 is 0. The summed E-state index contributed by atoms with van der Waals surface area (Å²) in [5, 5.41) is 3.03. The van der Waals surface area contributed by atoms with Gasteiger partial charge in [0.25, 0.3) is 15.9 Å². The molecule has 1 saturated heterocycles. The number of carbonyl (C=O) groups excluding carboxylic acids is 1. The predicted octanol–water partition coefficient (Wildman–Crippen LogP) is 3.58. The maximum Gasteiger partial charge on any atom is 0.261 e. The Labute approximate surface area is 179 Å². The standard InChI is InChI=1S/C23H31N3O3S/c1-17-13-18(2)15-26(14-17)16-19(3)24-23(27)20-9-11-22(12-10-20)30(28,29)25-21-7-5-4-6-8-21/h4-12,17-19,25H,13-16H2,1-3H3,(H,24,27)/t17-,18+,19-/m1/s1. The van der Waals surface area contributed by atoms with E-state index in [1.807, 2.05) is 13.0 Å². The summed E-state index contributed by atoms with van der Waals surface area (Å²) in [7, 11) is -3.70. The average Bonchev–Trinajstić information content (AvgIpc) is 2.67. The molecule has 0 saturated carbocycles. The molecule has 1 fully saturated rings. The molecule has 1 heterocycles. The Kier molecular flexibility index (Phi) is 7.15. The van der Waals surface area contributed by atoms with Crippen molar-refractivity contribution >= 4 is 21.6 Å². The Morgan fingerprint density at radius 3 is 2.23 bits per heavy atom. The van der Waals surface area contributed by atoms with E-state index in [-0.39, 0.29) is 16.8 Å². The number of likely N-dealkylation sites (tertiary alicyclic amines) is 1. The summed E-state index contributed by atoms with van der Waals surface area (Å²) in [4.78, 5) is 15.1. The van der Waals surface area contributed by atoms with E-state index in [0.29, 0.717) is 23.1 Å². The van der Waals surface area contributed by atoms with Crippen molar-refractivity contribution in [1.29, 1.82) is 0 Å². The molecule has 2 aromatic rings. The lowest BCUT2D eigenvalue weighted by atomic mass is 9.92. The first-order chi connectivity index (χ1) is 14.2. The van der Waals surface area contributed by atoms with Crippen molar-refractivity contribution in [2.24, 2.45) is 11.8 Å². The second-order valence-electron chi connectivity index (χ2n) is 8.53. The molecule has 1 aliphatic heterocycles. The van der Waals surface area contributed by atoms with Crippen molar-refractivity contribution in [3.05, 3.63) is 60.2 Å². The fraction of sp³-hybridized carbons (Fsp3) is 0.435. The second-order valence-corrected chi connectivity index (χ2v) is 10.2. The van der Waals surface area contributed by atoms with E-state index >= 15 is 0 Å². The third-order valence-electron chi connectivity index (χ3n) is 5.31. The number of hydrogen-bond acceptors (Lipinski definition) is 4. The minimum absolute atomic E-state index is 0.0122. The van der Waals surface area contributed by atoms with E-state index < -0.39 is 10.0 Å². The van der Waals surface area contributed by atoms with Gasteiger partial charge in [-0.2, -0.15) is 0 Å². The van der Waals surface area contributed by atoms with Gasteiger partial charge in [-0.05, 0) is 61.6 Å². The molecule has 2 N–H and O–H groups in total. The molecule has 0 aromatic heterocycles. The van der Waals surface area contributed by atoms with Gasteiger partial charge in [0.1, 0.15) is 0 Å². The molecule has 0 spiro atoms. The number of para-hydroxylation sites is 1. The highest BCUT2D eigenvalue weighted by molar-refractivity contribution is 7.92. The number of anilines is 1. The van der Waals surface area contributed by atoms with Gasteiger partial charge in [0.05, 0.1) is 4.90 Å². The van der Waals surface area contributed by atoms with Crippen LogP contribution in [0.1, 0.15) is 37.6 Å². The van der Waals surface area contributed by atoms with E-state index in [1.165, 1.54) is 18.6 Å². The zero-order chi connectivity index (χ0) is 21.7. The third kappa shape index (κ3) is 6.06. The van der Waals surface area contributed by atoms with E-state index in [4.69, 9.17) is 0 Å². The SMILES string of the molecule is C[C@@H]1C[C@H](C)CN(C[C@@H](C)NC(=O)c2ccc(S(=O)(=O)Nc3ccccc3)cc2)C1. The molecular formula is C23H31N3O3S. The molecule has 162 valence electrons. The largest absolute Gasteiger partial charge is 0.348 e. The molecule has 3 rings (SSSR count). The number of nitrogens with zero attached hydrogens (tertiary/aromatic N) is 1. The summed E-state index contributed by atoms with van der Waals surface area (Å²) in [5.74, 6) is 1.16. The number of hydrogen-bond donors (Lipinski definition) is 2. The van der Waals surface area contributed by atoms with Crippen LogP contribution in [-0.2, 0) is 10.0 Å². The summed E-state index contributed by atoms with van der Waals surface area (Å²) in [6.07, 6.45) is 1.26. The monoisotopic (exact) mass is 429 g/mol. The van der Waals surface area contributed by atoms with Crippen molar-refractivity contribution in [2.45, 2.75) is 38.1 Å². The van der Waals surface area contributed by atoms with Crippen molar-refractivity contribution in [1.82, 2.24) is 10.2 Å². The highest BCUT2D eigenvalue weighted by Gasteiger charge is 2.23. The summed E-state index contributed by atoms with van der Waals surface area (Å²) in [6.45, 7) is 9.48. The van der Waals surface area contributed by atoms with Crippen LogP contribution in [-0.4, -0.2) is 44.9 Å². The van der Waals surface area contributed by atoms with Crippen LogP contribution in [0.5, 0.6) is 0 Å². The Bertz CT molecular complexity index is 935. The second kappa shape index (κ2) is 9.62. The molecule has 0 unspecified atom stereocenters. The zero-order valence-electron chi connectivity index (χ0n) is 17.8. The molecule has 30 heavy (non-hydrogen) atoms. The normalized spacial score (nSPS) is 21.0. The summed E-state index contributed by atoms with van der Waals surface area (Å²) < 4.78 is 27.6. The fourth-order valence-corrected chi connectivity index (χ4v) is 5.25. The Morgan fingerprint density at radius 2 is 1.63 bits per heavy atom. The lowest BCUT2D eigenvalue weighted by Gasteiger charge is -2.36. The molecule has 2 aromatic carbocycles. The van der Waals surface area contributed by atoms with E-state index in [0.717, 1.165) is 19.6 Å². The number of amides is 1. The number of rotatable bonds is 7. The third-order valence-corrected chi connectivity index (χ3v) is 6.70. The first-order valence-electron chi connectivity index (χ1n) is 10.4. The highest BCUT2D eigenvalue weighted by atomic mass is 32.2. The maximum absolute atomic E-state index is 12.6. The minimum atomic E-state index is -3.70. The average molecular weight is 430 g/mol. The number of benzene rings is 2. The van der Waals surface area contributed by atoms with Crippen LogP contribution < -0.4 is 10.0 Å². The van der Waals surface area contributed by atoms with Crippen molar-refractivity contribution in [3.63, 3.8) is 0 Å². The van der Waals surface area contributed by atoms with Gasteiger partial charge >= 0.3 is 0 Å². The zero-order valence-corrected chi connectivity index (χ0v) is 18.7. The first kappa shape index (κ1) is 22.3. The van der Waals surface area contributed by atoms with Gasteiger partial charge in [-0.15, -0.1) is 0 Å². The van der Waals surface area contributed by atoms with Gasteiger partial charge in [-0.3, -0.25) is 9.52 Å². The molecule has 0 aliphatic carbocycles. The van der Waals surface area contributed by atoms with Gasteiger partial charge in [-0.25, -0.2) is 8.42 Å². The van der Waals surface area contributed by atoms with Gasteiger partial charge in [0, 0.05) is 36.9 Å². The lowest BCUT2D eigenvalue weighted by Crippen LogP contribution is -2.47. The van der Waals surface area contributed by atoms with Crippen LogP contribution in [0.2, 0.25) is 0 Å².